The molecule has 0 spiro atoms. The Kier molecular flexibility index (Phi) is 11.0. The van der Waals surface area contributed by atoms with Crippen LogP contribution in [0.2, 0.25) is 0 Å². The van der Waals surface area contributed by atoms with Crippen LogP contribution < -0.4 is 0 Å². The fourth-order valence-corrected chi connectivity index (χ4v) is 2.60. The average Bonchev–Trinajstić information content (AvgIpc) is 2.68. The van der Waals surface area contributed by atoms with E-state index in [2.05, 4.69) is 4.89 Å². The van der Waals surface area contributed by atoms with Crippen LogP contribution in [0.5, 0.6) is 0 Å². The van der Waals surface area contributed by atoms with Crippen molar-refractivity contribution in [3.63, 3.8) is 0 Å². The zero-order chi connectivity index (χ0) is 20.9. The van der Waals surface area contributed by atoms with E-state index in [0.717, 1.165) is 12.1 Å². The topological polar surface area (TPSA) is 151 Å². The molecule has 0 fully saturated rings. The molecule has 0 aromatic heterocycles. The van der Waals surface area contributed by atoms with Gasteiger partial charge in [-0.05, 0) is 43.4 Å². The number of carbonyl (C=O) groups excluding carboxylic acids is 2. The van der Waals surface area contributed by atoms with Crippen molar-refractivity contribution in [2.45, 2.75) is 45.1 Å². The number of aromatic carboxylic acids is 1. The molecular formula is C19H26O9. The Morgan fingerprint density at radius 2 is 1.54 bits per heavy atom. The van der Waals surface area contributed by atoms with E-state index in [1.807, 2.05) is 0 Å². The van der Waals surface area contributed by atoms with E-state index in [9.17, 15) is 19.5 Å². The number of aliphatic hydroxyl groups is 2. The molecule has 0 radical (unpaired) electrons. The van der Waals surface area contributed by atoms with E-state index >= 15 is 0 Å². The summed E-state index contributed by atoms with van der Waals surface area (Å²) in [7, 11) is 0. The Hall–Kier alpha value is -2.33. The van der Waals surface area contributed by atoms with E-state index in [-0.39, 0.29) is 48.5 Å². The number of aliphatic hydroxyl groups excluding tert-OH is 2. The Morgan fingerprint density at radius 1 is 0.857 bits per heavy atom. The standard InChI is InChI=1S/C19H26O9/c20-7-3-1-2-6-17(22)15-11-14(19(25)27-9-5-4-8-21)13(12-28-26)10-16(15)18(23)24/h10-11,20-21,26H,1-9,12H2,(H,23,24). The largest absolute Gasteiger partial charge is 0.478 e. The first-order valence-corrected chi connectivity index (χ1v) is 9.04. The lowest BCUT2D eigenvalue weighted by atomic mass is 9.94. The summed E-state index contributed by atoms with van der Waals surface area (Å²) in [6, 6.07) is 2.27. The first-order chi connectivity index (χ1) is 13.5. The molecule has 9 heteroatoms. The number of rotatable bonds is 14. The third-order valence-electron chi connectivity index (χ3n) is 4.06. The number of hydrogen-bond acceptors (Lipinski definition) is 8. The summed E-state index contributed by atoms with van der Waals surface area (Å²) >= 11 is 0. The molecule has 1 aromatic rings. The lowest BCUT2D eigenvalue weighted by Gasteiger charge is -2.13. The van der Waals surface area contributed by atoms with Gasteiger partial charge in [0, 0.05) is 25.2 Å². The number of hydrogen-bond donors (Lipinski definition) is 4. The molecule has 0 heterocycles. The normalized spacial score (nSPS) is 10.7. The van der Waals surface area contributed by atoms with Gasteiger partial charge in [0.15, 0.2) is 5.78 Å². The number of benzene rings is 1. The van der Waals surface area contributed by atoms with Crippen LogP contribution in [0.3, 0.4) is 0 Å². The van der Waals surface area contributed by atoms with Crippen molar-refractivity contribution in [3.8, 4) is 0 Å². The molecule has 9 nitrogen and oxygen atoms in total. The SMILES string of the molecule is O=C(OCCCCO)c1cc(C(=O)CCCCCO)c(C(=O)O)cc1COO. The van der Waals surface area contributed by atoms with Gasteiger partial charge in [0.25, 0.3) is 0 Å². The highest BCUT2D eigenvalue weighted by molar-refractivity contribution is 6.08. The Balaban J connectivity index is 3.13. The minimum absolute atomic E-state index is 0.0106. The minimum Gasteiger partial charge on any atom is -0.478 e. The minimum atomic E-state index is -1.35. The monoisotopic (exact) mass is 398 g/mol. The second kappa shape index (κ2) is 12.9. The molecule has 0 aliphatic heterocycles. The van der Waals surface area contributed by atoms with Gasteiger partial charge >= 0.3 is 11.9 Å². The summed E-state index contributed by atoms with van der Waals surface area (Å²) < 4.78 is 5.09. The Bertz CT molecular complexity index is 670. The second-order valence-electron chi connectivity index (χ2n) is 6.16. The first-order valence-electron chi connectivity index (χ1n) is 9.04. The highest BCUT2D eigenvalue weighted by Crippen LogP contribution is 2.22. The van der Waals surface area contributed by atoms with Crippen LogP contribution in [0.25, 0.3) is 0 Å². The molecule has 0 saturated heterocycles. The molecule has 156 valence electrons. The van der Waals surface area contributed by atoms with Crippen molar-refractivity contribution in [3.05, 3.63) is 34.4 Å². The molecule has 0 aliphatic rings. The van der Waals surface area contributed by atoms with Crippen LogP contribution >= 0.6 is 0 Å². The average molecular weight is 398 g/mol. The molecule has 28 heavy (non-hydrogen) atoms. The number of unbranched alkanes of at least 4 members (excludes halogenated alkanes) is 3. The second-order valence-corrected chi connectivity index (χ2v) is 6.16. The molecule has 0 bridgehead atoms. The summed E-state index contributed by atoms with van der Waals surface area (Å²) in [6.45, 7) is -0.434. The fraction of sp³-hybridized carbons (Fsp3) is 0.526. The number of ether oxygens (including phenoxy) is 1. The molecule has 1 aromatic carbocycles. The molecule has 1 rings (SSSR count). The number of Topliss-reactive ketones (excluding diaryl/α,β-unsaturated/α-hetero) is 1. The molecule has 0 aliphatic carbocycles. The van der Waals surface area contributed by atoms with E-state index in [1.165, 1.54) is 0 Å². The van der Waals surface area contributed by atoms with Crippen molar-refractivity contribution >= 4 is 17.7 Å². The summed E-state index contributed by atoms with van der Waals surface area (Å²) in [5.74, 6) is -2.57. The van der Waals surface area contributed by atoms with E-state index < -0.39 is 24.3 Å². The summed E-state index contributed by atoms with van der Waals surface area (Å²) in [6.07, 6.45) is 2.59. The van der Waals surface area contributed by atoms with Gasteiger partial charge in [0.05, 0.1) is 17.7 Å². The van der Waals surface area contributed by atoms with Gasteiger partial charge in [-0.25, -0.2) is 14.5 Å². The van der Waals surface area contributed by atoms with Crippen molar-refractivity contribution in [2.75, 3.05) is 19.8 Å². The van der Waals surface area contributed by atoms with Crippen molar-refractivity contribution < 1.29 is 44.6 Å². The third kappa shape index (κ3) is 7.35. The Labute approximate surface area is 162 Å². The number of ketones is 1. The van der Waals surface area contributed by atoms with Gasteiger partial charge in [-0.2, -0.15) is 0 Å². The summed E-state index contributed by atoms with van der Waals surface area (Å²) in [5.41, 5.74) is -0.415. The van der Waals surface area contributed by atoms with Crippen LogP contribution in [0.1, 0.15) is 75.2 Å². The van der Waals surface area contributed by atoms with Gasteiger partial charge in [0.1, 0.15) is 6.61 Å². The van der Waals surface area contributed by atoms with Gasteiger partial charge in [-0.3, -0.25) is 10.1 Å². The highest BCUT2D eigenvalue weighted by Gasteiger charge is 2.23. The Morgan fingerprint density at radius 3 is 2.14 bits per heavy atom. The maximum Gasteiger partial charge on any atom is 0.338 e. The van der Waals surface area contributed by atoms with Crippen LogP contribution in [0, 0.1) is 0 Å². The van der Waals surface area contributed by atoms with Crippen LogP contribution in [0.4, 0.5) is 0 Å². The third-order valence-corrected chi connectivity index (χ3v) is 4.06. The summed E-state index contributed by atoms with van der Waals surface area (Å²) in [5, 5.41) is 35.7. The molecular weight excluding hydrogens is 372 g/mol. The van der Waals surface area contributed by atoms with Gasteiger partial charge in [0.2, 0.25) is 0 Å². The van der Waals surface area contributed by atoms with E-state index in [4.69, 9.17) is 20.2 Å². The lowest BCUT2D eigenvalue weighted by molar-refractivity contribution is -0.253. The fourth-order valence-electron chi connectivity index (χ4n) is 2.60. The predicted molar refractivity (Wildman–Crippen MR) is 97.3 cm³/mol. The highest BCUT2D eigenvalue weighted by atomic mass is 17.1. The van der Waals surface area contributed by atoms with Gasteiger partial charge in [-0.15, -0.1) is 0 Å². The van der Waals surface area contributed by atoms with Gasteiger partial charge in [-0.1, -0.05) is 6.42 Å². The first kappa shape index (κ1) is 23.7. The molecule has 0 unspecified atom stereocenters. The van der Waals surface area contributed by atoms with Crippen molar-refractivity contribution in [1.29, 1.82) is 0 Å². The predicted octanol–water partition coefficient (Wildman–Crippen LogP) is 2.04. The van der Waals surface area contributed by atoms with E-state index in [0.29, 0.717) is 32.1 Å². The zero-order valence-electron chi connectivity index (χ0n) is 15.6. The van der Waals surface area contributed by atoms with Crippen LogP contribution in [0.15, 0.2) is 12.1 Å². The number of esters is 1. The molecule has 0 atom stereocenters. The summed E-state index contributed by atoms with van der Waals surface area (Å²) in [4.78, 5) is 40.4. The molecule has 4 N–H and O–H groups in total. The van der Waals surface area contributed by atoms with Crippen molar-refractivity contribution in [1.82, 2.24) is 0 Å². The quantitative estimate of drug-likeness (QED) is 0.121. The van der Waals surface area contributed by atoms with E-state index in [1.54, 1.807) is 0 Å². The number of carboxylic acids is 1. The van der Waals surface area contributed by atoms with Crippen LogP contribution in [-0.2, 0) is 16.2 Å². The maximum atomic E-state index is 12.5. The lowest BCUT2D eigenvalue weighted by Crippen LogP contribution is -2.16. The number of carboxylic acid groups (broad SMARTS) is 1. The maximum absolute atomic E-state index is 12.5. The molecule has 0 saturated carbocycles. The zero-order valence-corrected chi connectivity index (χ0v) is 15.6. The van der Waals surface area contributed by atoms with Crippen LogP contribution in [-0.4, -0.2) is 58.1 Å². The smallest absolute Gasteiger partial charge is 0.338 e. The molecule has 0 amide bonds. The number of carbonyl (C=O) groups is 3. The van der Waals surface area contributed by atoms with Crippen molar-refractivity contribution in [2.24, 2.45) is 0 Å². The van der Waals surface area contributed by atoms with Gasteiger partial charge < -0.3 is 20.1 Å².